The van der Waals surface area contributed by atoms with Crippen molar-refractivity contribution in [2.75, 3.05) is 17.7 Å². The van der Waals surface area contributed by atoms with Gasteiger partial charge in [0.25, 0.3) is 0 Å². The van der Waals surface area contributed by atoms with E-state index in [0.29, 0.717) is 6.54 Å². The third-order valence-corrected chi connectivity index (χ3v) is 3.25. The molecule has 0 amide bonds. The van der Waals surface area contributed by atoms with Crippen molar-refractivity contribution in [2.45, 2.75) is 13.0 Å². The van der Waals surface area contributed by atoms with Crippen LogP contribution in [0.15, 0.2) is 48.5 Å². The van der Waals surface area contributed by atoms with Gasteiger partial charge in [0.15, 0.2) is 0 Å². The van der Waals surface area contributed by atoms with Gasteiger partial charge >= 0.3 is 0 Å². The fourth-order valence-corrected chi connectivity index (χ4v) is 1.84. The molecule has 2 aromatic rings. The van der Waals surface area contributed by atoms with Crippen molar-refractivity contribution in [3.05, 3.63) is 54.1 Å². The summed E-state index contributed by atoms with van der Waals surface area (Å²) in [5, 5.41) is 12.5. The van der Waals surface area contributed by atoms with Gasteiger partial charge in [-0.15, -0.1) is 11.6 Å². The molecule has 1 unspecified atom stereocenters. The van der Waals surface area contributed by atoms with Gasteiger partial charge in [0, 0.05) is 12.2 Å². The summed E-state index contributed by atoms with van der Waals surface area (Å²) >= 11 is 5.54. The minimum absolute atomic E-state index is 0.224. The molecule has 20 heavy (non-hydrogen) atoms. The van der Waals surface area contributed by atoms with Crippen LogP contribution in [-0.2, 0) is 0 Å². The highest BCUT2D eigenvalue weighted by Gasteiger charge is 2.03. The van der Waals surface area contributed by atoms with E-state index in [4.69, 9.17) is 16.3 Å². The van der Waals surface area contributed by atoms with Crippen LogP contribution in [-0.4, -0.2) is 23.6 Å². The normalized spacial score (nSPS) is 11.9. The SMILES string of the molecule is Cc1ccccc1Oc1ccc(NCC(O)CCl)cc1. The van der Waals surface area contributed by atoms with Crippen molar-refractivity contribution >= 4 is 17.3 Å². The number of rotatable bonds is 6. The molecule has 2 rings (SSSR count). The van der Waals surface area contributed by atoms with E-state index in [1.807, 2.05) is 55.5 Å². The summed E-state index contributed by atoms with van der Waals surface area (Å²) in [6.45, 7) is 2.44. The summed E-state index contributed by atoms with van der Waals surface area (Å²) in [4.78, 5) is 0. The lowest BCUT2D eigenvalue weighted by Crippen LogP contribution is -2.20. The Hall–Kier alpha value is -1.71. The Morgan fingerprint density at radius 3 is 2.50 bits per heavy atom. The van der Waals surface area contributed by atoms with Crippen molar-refractivity contribution in [3.8, 4) is 11.5 Å². The first kappa shape index (κ1) is 14.7. The van der Waals surface area contributed by atoms with Crippen LogP contribution < -0.4 is 10.1 Å². The lowest BCUT2D eigenvalue weighted by atomic mass is 10.2. The Kier molecular flexibility index (Phi) is 5.27. The maximum atomic E-state index is 9.38. The van der Waals surface area contributed by atoms with Crippen molar-refractivity contribution in [2.24, 2.45) is 0 Å². The Balaban J connectivity index is 1.96. The maximum absolute atomic E-state index is 9.38. The fraction of sp³-hybridized carbons (Fsp3) is 0.250. The molecule has 3 nitrogen and oxygen atoms in total. The van der Waals surface area contributed by atoms with Crippen LogP contribution in [0.4, 0.5) is 5.69 Å². The molecule has 0 fully saturated rings. The number of alkyl halides is 1. The average Bonchev–Trinajstić information content (AvgIpc) is 2.48. The van der Waals surface area contributed by atoms with E-state index in [2.05, 4.69) is 5.32 Å². The van der Waals surface area contributed by atoms with Crippen molar-refractivity contribution in [3.63, 3.8) is 0 Å². The molecule has 0 saturated heterocycles. The molecule has 0 aromatic heterocycles. The summed E-state index contributed by atoms with van der Waals surface area (Å²) in [7, 11) is 0. The summed E-state index contributed by atoms with van der Waals surface area (Å²) in [5.41, 5.74) is 2.02. The lowest BCUT2D eigenvalue weighted by Gasteiger charge is -2.11. The molecule has 0 spiro atoms. The van der Waals surface area contributed by atoms with E-state index in [1.165, 1.54) is 0 Å². The van der Waals surface area contributed by atoms with Crippen molar-refractivity contribution in [1.82, 2.24) is 0 Å². The number of aliphatic hydroxyl groups excluding tert-OH is 1. The van der Waals surface area contributed by atoms with Gasteiger partial charge in [0.2, 0.25) is 0 Å². The third kappa shape index (κ3) is 4.15. The average molecular weight is 292 g/mol. The highest BCUT2D eigenvalue weighted by atomic mass is 35.5. The Bertz CT molecular complexity index is 542. The first-order chi connectivity index (χ1) is 9.69. The molecule has 0 radical (unpaired) electrons. The van der Waals surface area contributed by atoms with Gasteiger partial charge in [0.05, 0.1) is 12.0 Å². The molecule has 106 valence electrons. The second kappa shape index (κ2) is 7.17. The number of hydrogen-bond donors (Lipinski definition) is 2. The quantitative estimate of drug-likeness (QED) is 0.796. The van der Waals surface area contributed by atoms with E-state index in [0.717, 1.165) is 22.7 Å². The van der Waals surface area contributed by atoms with Gasteiger partial charge in [-0.3, -0.25) is 0 Å². The fourth-order valence-electron chi connectivity index (χ4n) is 1.73. The van der Waals surface area contributed by atoms with Crippen molar-refractivity contribution in [1.29, 1.82) is 0 Å². The lowest BCUT2D eigenvalue weighted by molar-refractivity contribution is 0.211. The predicted octanol–water partition coefficient (Wildman–Crippen LogP) is 3.80. The topological polar surface area (TPSA) is 41.5 Å². The van der Waals surface area contributed by atoms with Crippen LogP contribution >= 0.6 is 11.6 Å². The number of aryl methyl sites for hydroxylation is 1. The predicted molar refractivity (Wildman–Crippen MR) is 82.9 cm³/mol. The zero-order chi connectivity index (χ0) is 14.4. The van der Waals surface area contributed by atoms with Crippen LogP contribution in [0, 0.1) is 6.92 Å². The number of hydrogen-bond acceptors (Lipinski definition) is 3. The van der Waals surface area contributed by atoms with Crippen LogP contribution in [0.1, 0.15) is 5.56 Å². The molecule has 0 heterocycles. The Morgan fingerprint density at radius 2 is 1.85 bits per heavy atom. The van der Waals surface area contributed by atoms with Crippen molar-refractivity contribution < 1.29 is 9.84 Å². The zero-order valence-electron chi connectivity index (χ0n) is 11.3. The molecule has 0 aliphatic carbocycles. The van der Waals surface area contributed by atoms with E-state index in [-0.39, 0.29) is 5.88 Å². The monoisotopic (exact) mass is 291 g/mol. The highest BCUT2D eigenvalue weighted by molar-refractivity contribution is 6.18. The minimum atomic E-state index is -0.542. The van der Waals surface area contributed by atoms with Crippen LogP contribution in [0.2, 0.25) is 0 Å². The van der Waals surface area contributed by atoms with Gasteiger partial charge in [0.1, 0.15) is 11.5 Å². The van der Waals surface area contributed by atoms with Gasteiger partial charge < -0.3 is 15.2 Å². The number of benzene rings is 2. The number of halogens is 1. The zero-order valence-corrected chi connectivity index (χ0v) is 12.1. The number of anilines is 1. The summed E-state index contributed by atoms with van der Waals surface area (Å²) in [5.74, 6) is 1.86. The van der Waals surface area contributed by atoms with E-state index in [9.17, 15) is 5.11 Å². The van der Waals surface area contributed by atoms with E-state index in [1.54, 1.807) is 0 Å². The van der Waals surface area contributed by atoms with Crippen LogP contribution in [0.5, 0.6) is 11.5 Å². The Morgan fingerprint density at radius 1 is 1.15 bits per heavy atom. The number of nitrogens with one attached hydrogen (secondary N) is 1. The summed E-state index contributed by atoms with van der Waals surface area (Å²) < 4.78 is 5.81. The largest absolute Gasteiger partial charge is 0.457 e. The molecule has 2 N–H and O–H groups in total. The molecule has 0 aliphatic heterocycles. The van der Waals surface area contributed by atoms with Gasteiger partial charge in [-0.2, -0.15) is 0 Å². The summed E-state index contributed by atoms with van der Waals surface area (Å²) in [6, 6.07) is 15.5. The first-order valence-corrected chi connectivity index (χ1v) is 7.04. The number of para-hydroxylation sites is 1. The number of aliphatic hydroxyl groups is 1. The maximum Gasteiger partial charge on any atom is 0.130 e. The molecular weight excluding hydrogens is 274 g/mol. The minimum Gasteiger partial charge on any atom is -0.457 e. The molecule has 1 atom stereocenters. The second-order valence-electron chi connectivity index (χ2n) is 4.58. The molecular formula is C16H18ClNO2. The molecule has 0 aliphatic rings. The van der Waals surface area contributed by atoms with Gasteiger partial charge in [-0.1, -0.05) is 18.2 Å². The van der Waals surface area contributed by atoms with Crippen LogP contribution in [0.25, 0.3) is 0 Å². The number of ether oxygens (including phenoxy) is 1. The Labute approximate surface area is 124 Å². The highest BCUT2D eigenvalue weighted by Crippen LogP contribution is 2.25. The molecule has 0 saturated carbocycles. The summed E-state index contributed by atoms with van der Waals surface area (Å²) in [6.07, 6.45) is -0.542. The van der Waals surface area contributed by atoms with E-state index < -0.39 is 6.10 Å². The molecule has 2 aromatic carbocycles. The smallest absolute Gasteiger partial charge is 0.130 e. The standard InChI is InChI=1S/C16H18ClNO2/c1-12-4-2-3-5-16(12)20-15-8-6-13(7-9-15)18-11-14(19)10-17/h2-9,14,18-19H,10-11H2,1H3. The van der Waals surface area contributed by atoms with Crippen LogP contribution in [0.3, 0.4) is 0 Å². The van der Waals surface area contributed by atoms with E-state index >= 15 is 0 Å². The first-order valence-electron chi connectivity index (χ1n) is 6.50. The van der Waals surface area contributed by atoms with Gasteiger partial charge in [-0.25, -0.2) is 0 Å². The molecule has 4 heteroatoms. The molecule has 0 bridgehead atoms. The van der Waals surface area contributed by atoms with Gasteiger partial charge in [-0.05, 0) is 42.8 Å². The third-order valence-electron chi connectivity index (χ3n) is 2.90. The second-order valence-corrected chi connectivity index (χ2v) is 4.89.